The molecular formula is C32H46O10. The van der Waals surface area contributed by atoms with Crippen molar-refractivity contribution in [2.45, 2.75) is 133 Å². The average Bonchev–Trinajstić information content (AvgIpc) is 3.38. The maximum Gasteiger partial charge on any atom is 0.331 e. The van der Waals surface area contributed by atoms with Crippen molar-refractivity contribution in [1.29, 1.82) is 0 Å². The molecule has 0 amide bonds. The number of aliphatic hydroxyl groups excluding tert-OH is 1. The van der Waals surface area contributed by atoms with E-state index in [0.29, 0.717) is 18.9 Å². The minimum Gasteiger partial charge on any atom is -0.458 e. The molecule has 4 saturated carbocycles. The molecule has 0 aromatic heterocycles. The van der Waals surface area contributed by atoms with E-state index in [1.54, 1.807) is 13.0 Å². The lowest BCUT2D eigenvalue weighted by Crippen LogP contribution is -2.68. The maximum absolute atomic E-state index is 12.6. The second-order valence-electron chi connectivity index (χ2n) is 14.6. The van der Waals surface area contributed by atoms with Gasteiger partial charge in [0.1, 0.15) is 30.0 Å². The van der Waals surface area contributed by atoms with E-state index in [-0.39, 0.29) is 40.8 Å². The zero-order valence-corrected chi connectivity index (χ0v) is 25.4. The predicted octanol–water partition coefficient (Wildman–Crippen LogP) is 2.81. The van der Waals surface area contributed by atoms with Gasteiger partial charge in [-0.3, -0.25) is 4.79 Å². The lowest BCUT2D eigenvalue weighted by Gasteiger charge is -2.62. The van der Waals surface area contributed by atoms with Gasteiger partial charge in [-0.15, -0.1) is 0 Å². The Hall–Kier alpha value is -1.56. The first-order valence-corrected chi connectivity index (χ1v) is 15.8. The summed E-state index contributed by atoms with van der Waals surface area (Å²) in [5, 5.41) is 23.3. The highest BCUT2D eigenvalue weighted by molar-refractivity contribution is 5.85. The minimum absolute atomic E-state index is 0.00499. The number of fused-ring (bicyclic) bond motifs is 3. The summed E-state index contributed by atoms with van der Waals surface area (Å²) in [6, 6.07) is 0. The predicted molar refractivity (Wildman–Crippen MR) is 147 cm³/mol. The Morgan fingerprint density at radius 3 is 2.57 bits per heavy atom. The van der Waals surface area contributed by atoms with E-state index in [2.05, 4.69) is 13.8 Å². The van der Waals surface area contributed by atoms with Crippen LogP contribution >= 0.6 is 0 Å². The Morgan fingerprint density at radius 2 is 1.88 bits per heavy atom. The molecule has 2 saturated heterocycles. The summed E-state index contributed by atoms with van der Waals surface area (Å²) < 4.78 is 35.6. The highest BCUT2D eigenvalue weighted by atomic mass is 16.7. The van der Waals surface area contributed by atoms with Gasteiger partial charge in [0.05, 0.1) is 18.3 Å². The van der Waals surface area contributed by atoms with Crippen molar-refractivity contribution in [1.82, 2.24) is 0 Å². The Morgan fingerprint density at radius 1 is 1.10 bits per heavy atom. The molecule has 1 spiro atoms. The lowest BCUT2D eigenvalue weighted by molar-refractivity contribution is -0.315. The van der Waals surface area contributed by atoms with Gasteiger partial charge in [0.2, 0.25) is 0 Å². The fourth-order valence-corrected chi connectivity index (χ4v) is 10.8. The number of methoxy groups -OCH3 is 1. The van der Waals surface area contributed by atoms with Crippen LogP contribution in [0.25, 0.3) is 0 Å². The fraction of sp³-hybridized carbons (Fsp3) is 0.875. The molecule has 4 aliphatic carbocycles. The van der Waals surface area contributed by atoms with Crippen LogP contribution in [0.15, 0.2) is 11.6 Å². The number of cyclic esters (lactones) is 1. The van der Waals surface area contributed by atoms with Crippen LogP contribution in [0.1, 0.15) is 79.1 Å². The molecule has 7 aliphatic rings. The molecule has 2 N–H and O–H groups in total. The van der Waals surface area contributed by atoms with E-state index >= 15 is 0 Å². The zero-order valence-electron chi connectivity index (χ0n) is 25.4. The second-order valence-corrected chi connectivity index (χ2v) is 14.6. The highest BCUT2D eigenvalue weighted by Crippen LogP contribution is 2.77. The fourth-order valence-electron chi connectivity index (χ4n) is 10.8. The minimum atomic E-state index is -0.941. The number of carbonyl (C=O) groups excluding carboxylic acids is 2. The quantitative estimate of drug-likeness (QED) is 0.280. The number of rotatable bonds is 5. The first kappa shape index (κ1) is 29.2. The first-order valence-electron chi connectivity index (χ1n) is 15.8. The Labute approximate surface area is 247 Å². The standard InChI is InChI=1S/C32H46O10/c1-16-25(35)26(37-5)27(40-17(2)33)28(39-16)41-20-6-9-29(3)19(13-20)14-23-32(42-23)22(29)8-10-30(4)21(7-11-31(30,32)36)18-12-24(34)38-15-18/h12,16,19-23,25-28,35-36H,6-11,13-15H2,1-5H3/t16-,19+,20-,21-,22-,23+,25+,26+,27+,28-,29-,30+,31+,32-/m0/s1. The molecule has 0 radical (unpaired) electrons. The van der Waals surface area contributed by atoms with Gasteiger partial charge in [-0.25, -0.2) is 4.79 Å². The average molecular weight is 591 g/mol. The second kappa shape index (κ2) is 9.72. The third-order valence-electron chi connectivity index (χ3n) is 13.0. The third kappa shape index (κ3) is 3.84. The Kier molecular flexibility index (Phi) is 6.75. The van der Waals surface area contributed by atoms with Gasteiger partial charge in [-0.05, 0) is 87.0 Å². The summed E-state index contributed by atoms with van der Waals surface area (Å²) in [6.07, 6.45) is 4.48. The van der Waals surface area contributed by atoms with Crippen LogP contribution < -0.4 is 0 Å². The summed E-state index contributed by atoms with van der Waals surface area (Å²) in [4.78, 5) is 23.8. The van der Waals surface area contributed by atoms with E-state index in [1.165, 1.54) is 14.0 Å². The van der Waals surface area contributed by atoms with Crippen LogP contribution in [0, 0.1) is 28.6 Å². The molecule has 0 bridgehead atoms. The van der Waals surface area contributed by atoms with E-state index in [4.69, 9.17) is 28.4 Å². The Balaban J connectivity index is 1.09. The van der Waals surface area contributed by atoms with Gasteiger partial charge < -0.3 is 38.6 Å². The van der Waals surface area contributed by atoms with Gasteiger partial charge in [0.15, 0.2) is 12.4 Å². The van der Waals surface area contributed by atoms with Crippen LogP contribution in [-0.4, -0.2) is 90.0 Å². The summed E-state index contributed by atoms with van der Waals surface area (Å²) >= 11 is 0. The van der Waals surface area contributed by atoms with E-state index in [1.807, 2.05) is 0 Å². The summed E-state index contributed by atoms with van der Waals surface area (Å²) in [7, 11) is 1.49. The smallest absolute Gasteiger partial charge is 0.331 e. The van der Waals surface area contributed by atoms with Gasteiger partial charge >= 0.3 is 11.9 Å². The van der Waals surface area contributed by atoms with Crippen molar-refractivity contribution >= 4 is 11.9 Å². The highest BCUT2D eigenvalue weighted by Gasteiger charge is 2.84. The van der Waals surface area contributed by atoms with Crippen LogP contribution in [0.5, 0.6) is 0 Å². The van der Waals surface area contributed by atoms with Gasteiger partial charge in [0, 0.05) is 25.5 Å². The van der Waals surface area contributed by atoms with Crippen LogP contribution in [0.3, 0.4) is 0 Å². The van der Waals surface area contributed by atoms with Crippen molar-refractivity contribution < 1.29 is 48.2 Å². The van der Waals surface area contributed by atoms with Crippen molar-refractivity contribution in [3.8, 4) is 0 Å². The van der Waals surface area contributed by atoms with E-state index in [9.17, 15) is 19.8 Å². The maximum atomic E-state index is 12.6. The summed E-state index contributed by atoms with van der Waals surface area (Å²) in [6.45, 7) is 8.04. The van der Waals surface area contributed by atoms with E-state index in [0.717, 1.165) is 50.5 Å². The molecule has 3 aliphatic heterocycles. The molecule has 10 nitrogen and oxygen atoms in total. The number of esters is 2. The van der Waals surface area contributed by atoms with Gasteiger partial charge in [0.25, 0.3) is 0 Å². The molecular weight excluding hydrogens is 544 g/mol. The molecule has 10 heteroatoms. The first-order chi connectivity index (χ1) is 19.9. The van der Waals surface area contributed by atoms with Crippen molar-refractivity contribution in [3.63, 3.8) is 0 Å². The molecule has 14 atom stereocenters. The molecule has 7 rings (SSSR count). The van der Waals surface area contributed by atoms with Crippen molar-refractivity contribution in [2.24, 2.45) is 28.6 Å². The summed E-state index contributed by atoms with van der Waals surface area (Å²) in [5.74, 6) is -0.0281. The third-order valence-corrected chi connectivity index (χ3v) is 13.0. The van der Waals surface area contributed by atoms with Gasteiger partial charge in [-0.2, -0.15) is 0 Å². The molecule has 0 aromatic carbocycles. The zero-order chi connectivity index (χ0) is 29.8. The SMILES string of the molecule is CO[C@@H]1[C@H](O)[C@H](C)O[C@@H](O[C@H]2CC[C@@]3(C)[C@H](C2)C[C@H]2O[C@@]24[C@H]3CC[C@]2(C)[C@H](C3=CC(=O)OC3)CC[C@]42O)[C@@H]1OC(C)=O. The lowest BCUT2D eigenvalue weighted by atomic mass is 9.43. The molecule has 42 heavy (non-hydrogen) atoms. The molecule has 234 valence electrons. The van der Waals surface area contributed by atoms with E-state index < -0.39 is 47.9 Å². The summed E-state index contributed by atoms with van der Waals surface area (Å²) in [5.41, 5.74) is -0.815. The Bertz CT molecular complexity index is 1170. The molecule has 0 unspecified atom stereocenters. The van der Waals surface area contributed by atoms with Crippen LogP contribution in [-0.2, 0) is 38.0 Å². The normalized spacial score (nSPS) is 54.5. The molecule has 0 aromatic rings. The van der Waals surface area contributed by atoms with Crippen LogP contribution in [0.4, 0.5) is 0 Å². The number of carbonyl (C=O) groups is 2. The number of hydrogen-bond donors (Lipinski definition) is 2. The number of aliphatic hydroxyl groups is 2. The molecule has 6 fully saturated rings. The topological polar surface area (TPSA) is 133 Å². The number of ether oxygens (including phenoxy) is 6. The van der Waals surface area contributed by atoms with Crippen molar-refractivity contribution in [3.05, 3.63) is 11.6 Å². The monoisotopic (exact) mass is 590 g/mol. The van der Waals surface area contributed by atoms with Crippen LogP contribution in [0.2, 0.25) is 0 Å². The van der Waals surface area contributed by atoms with Crippen molar-refractivity contribution in [2.75, 3.05) is 13.7 Å². The number of hydrogen-bond acceptors (Lipinski definition) is 10. The molecule has 3 heterocycles. The number of epoxide rings is 1. The van der Waals surface area contributed by atoms with Gasteiger partial charge in [-0.1, -0.05) is 13.8 Å². The largest absolute Gasteiger partial charge is 0.458 e.